The highest BCUT2D eigenvalue weighted by Gasteiger charge is 2.76. The van der Waals surface area contributed by atoms with E-state index in [1.54, 1.807) is 45.4 Å². The summed E-state index contributed by atoms with van der Waals surface area (Å²) in [5, 5.41) is 10.3. The number of alkyl halides is 3. The van der Waals surface area contributed by atoms with E-state index in [1.807, 2.05) is 48.6 Å². The van der Waals surface area contributed by atoms with Gasteiger partial charge in [-0.25, -0.2) is 0 Å². The van der Waals surface area contributed by atoms with Crippen molar-refractivity contribution in [1.29, 1.82) is 0 Å². The van der Waals surface area contributed by atoms with E-state index in [-0.39, 0.29) is 30.0 Å². The third-order valence-corrected chi connectivity index (χ3v) is 12.5. The maximum atomic E-state index is 14.4. The number of rotatable bonds is 7. The van der Waals surface area contributed by atoms with Crippen molar-refractivity contribution in [3.8, 4) is 17.2 Å². The highest BCUT2D eigenvalue weighted by atomic mass is 79.9. The van der Waals surface area contributed by atoms with E-state index in [1.165, 1.54) is 11.0 Å². The monoisotopic (exact) mass is 778 g/mol. The van der Waals surface area contributed by atoms with Gasteiger partial charge in [0.15, 0.2) is 9.75 Å². The summed E-state index contributed by atoms with van der Waals surface area (Å²) in [6.07, 6.45) is 5.83. The lowest BCUT2D eigenvalue weighted by Gasteiger charge is -2.50. The van der Waals surface area contributed by atoms with Gasteiger partial charge in [-0.3, -0.25) is 29.0 Å². The second kappa shape index (κ2) is 12.6. The summed E-state index contributed by atoms with van der Waals surface area (Å²) in [5.74, 6) is -3.62. The molecule has 258 valence electrons. The number of nitrogens with zero attached hydrogens (tertiary/aromatic N) is 2. The number of phenols is 1. The van der Waals surface area contributed by atoms with Crippen molar-refractivity contribution < 1.29 is 33.8 Å². The molecular formula is C38H33BrCl2N2O7. The molecule has 2 aliphatic carbocycles. The Balaban J connectivity index is 1.23. The SMILES string of the molecule is COc1ccc(OC)c(C=Cc2ccc(N3C(=O)[C@H]4[C@H](CC=C5[C@H]4C[C@@]4(Cl)C(=O)N(CBr)C(=O)[C@@]4(Cl)[C@H]5c4ccc(O)c(C)c4)C3=O)cc2)c1. The van der Waals surface area contributed by atoms with Crippen LogP contribution in [0.2, 0.25) is 0 Å². The first kappa shape index (κ1) is 34.3. The topological polar surface area (TPSA) is 113 Å². The van der Waals surface area contributed by atoms with Gasteiger partial charge in [0.05, 0.1) is 37.2 Å². The number of aromatic hydroxyl groups is 1. The lowest BCUT2D eigenvalue weighted by atomic mass is 9.56. The van der Waals surface area contributed by atoms with E-state index in [4.69, 9.17) is 32.7 Å². The van der Waals surface area contributed by atoms with Crippen LogP contribution in [-0.4, -0.2) is 63.1 Å². The molecule has 1 saturated carbocycles. The number of amides is 4. The predicted octanol–water partition coefficient (Wildman–Crippen LogP) is 6.80. The van der Waals surface area contributed by atoms with Crippen LogP contribution in [0.15, 0.2) is 72.3 Å². The van der Waals surface area contributed by atoms with E-state index in [9.17, 15) is 24.3 Å². The minimum absolute atomic E-state index is 0.0595. The second-order valence-electron chi connectivity index (χ2n) is 13.1. The Bertz CT molecular complexity index is 2020. The van der Waals surface area contributed by atoms with E-state index in [0.29, 0.717) is 33.9 Å². The number of carbonyl (C=O) groups is 4. The molecule has 4 aliphatic rings. The van der Waals surface area contributed by atoms with Gasteiger partial charge in [0.25, 0.3) is 11.8 Å². The molecule has 3 aromatic carbocycles. The molecule has 12 heteroatoms. The zero-order valence-electron chi connectivity index (χ0n) is 27.4. The van der Waals surface area contributed by atoms with Gasteiger partial charge in [-0.1, -0.05) is 64.0 Å². The Labute approximate surface area is 307 Å². The fourth-order valence-electron chi connectivity index (χ4n) is 8.13. The fraction of sp³-hybridized carbons (Fsp3) is 0.316. The highest BCUT2D eigenvalue weighted by molar-refractivity contribution is 9.09. The van der Waals surface area contributed by atoms with Gasteiger partial charge >= 0.3 is 0 Å². The number of imide groups is 2. The standard InChI is InChI=1S/C38H33BrCl2N2O7/c1-20-16-23(8-14-29(20)44)32-26-12-13-27-31(28(26)18-37(40)35(47)42(19-39)36(48)38(32,37)41)34(46)43(33(27)45)24-9-5-21(6-10-24)4-7-22-17-25(49-2)11-15-30(22)50-3/h4-12,14-17,27-28,31-32,44H,13,18-19H2,1-3H3/t27-,28+,31-,32-,37+,38-/m0/s1. The smallest absolute Gasteiger partial charge is 0.254 e. The maximum Gasteiger partial charge on any atom is 0.254 e. The van der Waals surface area contributed by atoms with Crippen LogP contribution in [0.5, 0.6) is 17.2 Å². The van der Waals surface area contributed by atoms with Crippen molar-refractivity contribution in [2.24, 2.45) is 17.8 Å². The molecule has 0 spiro atoms. The van der Waals surface area contributed by atoms with Crippen LogP contribution in [0.3, 0.4) is 0 Å². The number of fused-ring (bicyclic) bond motifs is 4. The van der Waals surface area contributed by atoms with Gasteiger partial charge in [-0.15, -0.1) is 23.2 Å². The van der Waals surface area contributed by atoms with Crippen molar-refractivity contribution in [3.05, 3.63) is 94.6 Å². The van der Waals surface area contributed by atoms with Crippen molar-refractivity contribution in [1.82, 2.24) is 4.90 Å². The number of aryl methyl sites for hydroxylation is 1. The lowest BCUT2D eigenvalue weighted by Crippen LogP contribution is -2.60. The zero-order valence-corrected chi connectivity index (χ0v) is 30.5. The van der Waals surface area contributed by atoms with Crippen LogP contribution in [-0.2, 0) is 19.2 Å². The quantitative estimate of drug-likeness (QED) is 0.0923. The van der Waals surface area contributed by atoms with Gasteiger partial charge in [0, 0.05) is 11.5 Å². The number of halogens is 3. The number of methoxy groups -OCH3 is 2. The number of allylic oxidation sites excluding steroid dienone is 2. The van der Waals surface area contributed by atoms with Gasteiger partial charge < -0.3 is 14.6 Å². The highest BCUT2D eigenvalue weighted by Crippen LogP contribution is 2.65. The molecule has 3 aromatic rings. The molecule has 50 heavy (non-hydrogen) atoms. The van der Waals surface area contributed by atoms with Gasteiger partial charge in [0.2, 0.25) is 11.8 Å². The minimum atomic E-state index is -1.90. The molecule has 2 saturated heterocycles. The summed E-state index contributed by atoms with van der Waals surface area (Å²) >= 11 is 17.8. The molecule has 2 aliphatic heterocycles. The number of benzene rings is 3. The molecule has 6 atom stereocenters. The molecular weight excluding hydrogens is 747 g/mol. The predicted molar refractivity (Wildman–Crippen MR) is 194 cm³/mol. The van der Waals surface area contributed by atoms with Gasteiger partial charge in [-0.2, -0.15) is 0 Å². The number of likely N-dealkylation sites (tertiary alicyclic amines) is 1. The summed E-state index contributed by atoms with van der Waals surface area (Å²) in [6.45, 7) is 1.72. The summed E-state index contributed by atoms with van der Waals surface area (Å²) in [5.41, 5.74) is 3.80. The fourth-order valence-corrected chi connectivity index (χ4v) is 9.56. The van der Waals surface area contributed by atoms with Crippen molar-refractivity contribution in [2.45, 2.75) is 35.4 Å². The van der Waals surface area contributed by atoms with Crippen LogP contribution < -0.4 is 14.4 Å². The minimum Gasteiger partial charge on any atom is -0.508 e. The molecule has 9 nitrogen and oxygen atoms in total. The number of phenolic OH excluding ortho intramolecular Hbond substituents is 1. The Kier molecular flexibility index (Phi) is 8.64. The molecule has 2 heterocycles. The third kappa shape index (κ3) is 4.93. The van der Waals surface area contributed by atoms with Crippen LogP contribution in [0.1, 0.15) is 41.0 Å². The first-order valence-corrected chi connectivity index (χ1v) is 17.9. The Morgan fingerprint density at radius 1 is 0.920 bits per heavy atom. The zero-order chi connectivity index (χ0) is 35.7. The Morgan fingerprint density at radius 2 is 1.66 bits per heavy atom. The van der Waals surface area contributed by atoms with Crippen molar-refractivity contribution in [3.63, 3.8) is 0 Å². The molecule has 3 fully saturated rings. The molecule has 0 radical (unpaired) electrons. The van der Waals surface area contributed by atoms with Crippen LogP contribution in [0.4, 0.5) is 5.69 Å². The largest absolute Gasteiger partial charge is 0.508 e. The molecule has 1 N–H and O–H groups in total. The average Bonchev–Trinajstić information content (AvgIpc) is 3.45. The molecule has 0 bridgehead atoms. The molecule has 4 amide bonds. The van der Waals surface area contributed by atoms with E-state index >= 15 is 0 Å². The molecule has 0 unspecified atom stereocenters. The van der Waals surface area contributed by atoms with Gasteiger partial charge in [-0.05, 0) is 78.8 Å². The summed E-state index contributed by atoms with van der Waals surface area (Å²) in [6, 6.07) is 17.5. The Morgan fingerprint density at radius 3 is 2.32 bits per heavy atom. The van der Waals surface area contributed by atoms with E-state index in [2.05, 4.69) is 15.9 Å². The molecule has 0 aromatic heterocycles. The number of hydrogen-bond donors (Lipinski definition) is 1. The van der Waals surface area contributed by atoms with Crippen LogP contribution in [0.25, 0.3) is 12.2 Å². The van der Waals surface area contributed by atoms with Crippen LogP contribution in [0, 0.1) is 24.7 Å². The van der Waals surface area contributed by atoms with E-state index in [0.717, 1.165) is 16.0 Å². The van der Waals surface area contributed by atoms with E-state index < -0.39 is 51.1 Å². The normalized spacial score (nSPS) is 28.9. The summed E-state index contributed by atoms with van der Waals surface area (Å²) in [4.78, 5) is 54.6. The lowest BCUT2D eigenvalue weighted by molar-refractivity contribution is -0.138. The average molecular weight is 780 g/mol. The first-order valence-electron chi connectivity index (χ1n) is 16.1. The van der Waals surface area contributed by atoms with Gasteiger partial charge in [0.1, 0.15) is 17.2 Å². The maximum absolute atomic E-state index is 14.4. The van der Waals surface area contributed by atoms with Crippen LogP contribution >= 0.6 is 39.1 Å². The number of carbonyl (C=O) groups excluding carboxylic acids is 4. The summed E-state index contributed by atoms with van der Waals surface area (Å²) < 4.78 is 10.8. The molecule has 7 rings (SSSR count). The second-order valence-corrected chi connectivity index (χ2v) is 14.8. The first-order chi connectivity index (χ1) is 23.9. The number of ether oxygens (including phenoxy) is 2. The Hall–Kier alpha value is -4.12. The number of anilines is 1. The van der Waals surface area contributed by atoms with Crippen molar-refractivity contribution >= 4 is 80.6 Å². The third-order valence-electron chi connectivity index (χ3n) is 10.6. The number of hydrogen-bond acceptors (Lipinski definition) is 7. The van der Waals surface area contributed by atoms with Crippen molar-refractivity contribution in [2.75, 3.05) is 24.6 Å². The summed E-state index contributed by atoms with van der Waals surface area (Å²) in [7, 11) is 3.19.